The molecule has 0 aromatic heterocycles. The number of rotatable bonds is 8. The summed E-state index contributed by atoms with van der Waals surface area (Å²) in [4.78, 5) is 0. The van der Waals surface area contributed by atoms with E-state index in [2.05, 4.69) is 26.1 Å². The lowest BCUT2D eigenvalue weighted by Gasteiger charge is -2.43. The van der Waals surface area contributed by atoms with E-state index in [1.54, 1.807) is 0 Å². The van der Waals surface area contributed by atoms with Crippen molar-refractivity contribution in [2.24, 2.45) is 17.3 Å². The molecule has 0 amide bonds. The molecule has 0 aromatic rings. The molecule has 0 radical (unpaired) electrons. The van der Waals surface area contributed by atoms with E-state index in [0.717, 1.165) is 25.0 Å². The van der Waals surface area contributed by atoms with Crippen LogP contribution in [0.3, 0.4) is 0 Å². The van der Waals surface area contributed by atoms with Crippen LogP contribution in [0, 0.1) is 17.3 Å². The fourth-order valence-corrected chi connectivity index (χ4v) is 3.31. The first-order valence-corrected chi connectivity index (χ1v) is 7.80. The summed E-state index contributed by atoms with van der Waals surface area (Å²) in [6, 6.07) is 0. The average Bonchev–Trinajstić information content (AvgIpc) is 2.36. The summed E-state index contributed by atoms with van der Waals surface area (Å²) >= 11 is 0. The van der Waals surface area contributed by atoms with E-state index in [9.17, 15) is 0 Å². The first-order chi connectivity index (χ1) is 8.60. The van der Waals surface area contributed by atoms with Crippen LogP contribution in [0.2, 0.25) is 0 Å². The lowest BCUT2D eigenvalue weighted by atomic mass is 9.65. The molecule has 1 rings (SSSR count). The lowest BCUT2D eigenvalue weighted by molar-refractivity contribution is 0.0733. The Labute approximate surface area is 114 Å². The van der Waals surface area contributed by atoms with Crippen molar-refractivity contribution in [2.75, 3.05) is 26.8 Å². The monoisotopic (exact) mass is 255 g/mol. The van der Waals surface area contributed by atoms with Gasteiger partial charge in [0.25, 0.3) is 0 Å². The maximum atomic E-state index is 5.27. The van der Waals surface area contributed by atoms with Crippen LogP contribution in [0.25, 0.3) is 0 Å². The van der Waals surface area contributed by atoms with Crippen molar-refractivity contribution in [2.45, 2.75) is 59.3 Å². The Hall–Kier alpha value is -0.0800. The predicted molar refractivity (Wildman–Crippen MR) is 78.9 cm³/mol. The predicted octanol–water partition coefficient (Wildman–Crippen LogP) is 3.86. The highest BCUT2D eigenvalue weighted by atomic mass is 16.5. The van der Waals surface area contributed by atoms with E-state index in [1.807, 2.05) is 7.11 Å². The third kappa shape index (κ3) is 4.89. The second-order valence-electron chi connectivity index (χ2n) is 6.63. The summed E-state index contributed by atoms with van der Waals surface area (Å²) in [7, 11) is 1.82. The molecule has 0 bridgehead atoms. The van der Waals surface area contributed by atoms with Crippen molar-refractivity contribution < 1.29 is 4.74 Å². The zero-order chi connectivity index (χ0) is 13.4. The molecule has 0 saturated heterocycles. The Morgan fingerprint density at radius 3 is 2.33 bits per heavy atom. The van der Waals surface area contributed by atoms with Crippen molar-refractivity contribution in [1.29, 1.82) is 0 Å². The Bertz CT molecular complexity index is 209. The van der Waals surface area contributed by atoms with Gasteiger partial charge >= 0.3 is 0 Å². The molecular weight excluding hydrogens is 222 g/mol. The van der Waals surface area contributed by atoms with E-state index in [0.29, 0.717) is 5.41 Å². The van der Waals surface area contributed by atoms with Crippen LogP contribution in [-0.2, 0) is 4.74 Å². The quantitative estimate of drug-likeness (QED) is 0.711. The van der Waals surface area contributed by atoms with Gasteiger partial charge in [-0.25, -0.2) is 0 Å². The Morgan fingerprint density at radius 2 is 1.78 bits per heavy atom. The van der Waals surface area contributed by atoms with Crippen LogP contribution < -0.4 is 5.32 Å². The molecule has 0 spiro atoms. The van der Waals surface area contributed by atoms with Crippen LogP contribution in [-0.4, -0.2) is 26.8 Å². The highest BCUT2D eigenvalue weighted by molar-refractivity contribution is 4.89. The van der Waals surface area contributed by atoms with Gasteiger partial charge in [-0.05, 0) is 43.1 Å². The van der Waals surface area contributed by atoms with Crippen LogP contribution in [0.4, 0.5) is 0 Å². The summed E-state index contributed by atoms with van der Waals surface area (Å²) in [5, 5.41) is 3.71. The van der Waals surface area contributed by atoms with Gasteiger partial charge in [-0.15, -0.1) is 0 Å². The molecule has 2 nitrogen and oxygen atoms in total. The van der Waals surface area contributed by atoms with Gasteiger partial charge in [0.15, 0.2) is 0 Å². The molecule has 2 heteroatoms. The molecule has 0 aliphatic heterocycles. The summed E-state index contributed by atoms with van der Waals surface area (Å²) < 4.78 is 5.27. The minimum Gasteiger partial charge on any atom is -0.385 e. The van der Waals surface area contributed by atoms with Gasteiger partial charge in [0.1, 0.15) is 0 Å². The maximum Gasteiger partial charge on any atom is 0.0465 e. The van der Waals surface area contributed by atoms with Crippen molar-refractivity contribution in [1.82, 2.24) is 5.32 Å². The maximum absolute atomic E-state index is 5.27. The van der Waals surface area contributed by atoms with E-state index in [4.69, 9.17) is 4.74 Å². The fourth-order valence-electron chi connectivity index (χ4n) is 3.31. The van der Waals surface area contributed by atoms with E-state index in [1.165, 1.54) is 45.1 Å². The summed E-state index contributed by atoms with van der Waals surface area (Å²) in [5.74, 6) is 1.53. The topological polar surface area (TPSA) is 21.3 Å². The minimum absolute atomic E-state index is 0.533. The molecule has 18 heavy (non-hydrogen) atoms. The molecule has 1 aliphatic rings. The van der Waals surface area contributed by atoms with Crippen LogP contribution >= 0.6 is 0 Å². The Balaban J connectivity index is 2.50. The van der Waals surface area contributed by atoms with E-state index >= 15 is 0 Å². The Kier molecular flexibility index (Phi) is 7.25. The number of methoxy groups -OCH3 is 1. The average molecular weight is 255 g/mol. The SMILES string of the molecule is COCCC(C)C1(CNCC(C)C)CCCCC1. The molecule has 1 N–H and O–H groups in total. The number of ether oxygens (including phenoxy) is 1. The molecular formula is C16H33NO. The molecule has 1 fully saturated rings. The van der Waals surface area contributed by atoms with Crippen molar-refractivity contribution >= 4 is 0 Å². The van der Waals surface area contributed by atoms with E-state index in [-0.39, 0.29) is 0 Å². The van der Waals surface area contributed by atoms with Gasteiger partial charge < -0.3 is 10.1 Å². The molecule has 0 aromatic carbocycles. The van der Waals surface area contributed by atoms with Gasteiger partial charge in [-0.2, -0.15) is 0 Å². The van der Waals surface area contributed by atoms with Crippen LogP contribution in [0.1, 0.15) is 59.3 Å². The second-order valence-corrected chi connectivity index (χ2v) is 6.63. The lowest BCUT2D eigenvalue weighted by Crippen LogP contribution is -2.42. The van der Waals surface area contributed by atoms with Crippen molar-refractivity contribution in [3.8, 4) is 0 Å². The number of nitrogens with one attached hydrogen (secondary N) is 1. The summed E-state index contributed by atoms with van der Waals surface area (Å²) in [6.07, 6.45) is 8.29. The highest BCUT2D eigenvalue weighted by Crippen LogP contribution is 2.43. The fraction of sp³-hybridized carbons (Fsp3) is 1.00. The summed E-state index contributed by atoms with van der Waals surface area (Å²) in [5.41, 5.74) is 0.533. The third-order valence-corrected chi connectivity index (χ3v) is 4.68. The molecule has 0 heterocycles. The third-order valence-electron chi connectivity index (χ3n) is 4.68. The second kappa shape index (κ2) is 8.16. The number of hydrogen-bond donors (Lipinski definition) is 1. The standard InChI is InChI=1S/C16H33NO/c1-14(2)12-17-13-16(9-6-5-7-10-16)15(3)8-11-18-4/h14-15,17H,5-13H2,1-4H3. The van der Waals surface area contributed by atoms with Crippen LogP contribution in [0.15, 0.2) is 0 Å². The summed E-state index contributed by atoms with van der Waals surface area (Å²) in [6.45, 7) is 10.3. The zero-order valence-electron chi connectivity index (χ0n) is 12.9. The van der Waals surface area contributed by atoms with Gasteiger partial charge in [0.05, 0.1) is 0 Å². The largest absolute Gasteiger partial charge is 0.385 e. The number of hydrogen-bond acceptors (Lipinski definition) is 2. The van der Waals surface area contributed by atoms with Gasteiger partial charge in [-0.3, -0.25) is 0 Å². The van der Waals surface area contributed by atoms with Gasteiger partial charge in [0, 0.05) is 20.3 Å². The molecule has 108 valence electrons. The van der Waals surface area contributed by atoms with Crippen molar-refractivity contribution in [3.63, 3.8) is 0 Å². The van der Waals surface area contributed by atoms with Gasteiger partial charge in [0.2, 0.25) is 0 Å². The van der Waals surface area contributed by atoms with Crippen LogP contribution in [0.5, 0.6) is 0 Å². The Morgan fingerprint density at radius 1 is 1.11 bits per heavy atom. The minimum atomic E-state index is 0.533. The smallest absolute Gasteiger partial charge is 0.0465 e. The first kappa shape index (κ1) is 16.0. The normalized spacial score (nSPS) is 21.2. The van der Waals surface area contributed by atoms with E-state index < -0.39 is 0 Å². The molecule has 1 unspecified atom stereocenters. The molecule has 1 atom stereocenters. The molecule has 1 saturated carbocycles. The molecule has 1 aliphatic carbocycles. The zero-order valence-corrected chi connectivity index (χ0v) is 12.9. The highest BCUT2D eigenvalue weighted by Gasteiger charge is 2.36. The first-order valence-electron chi connectivity index (χ1n) is 7.80. The van der Waals surface area contributed by atoms with Crippen molar-refractivity contribution in [3.05, 3.63) is 0 Å². The van der Waals surface area contributed by atoms with Gasteiger partial charge in [-0.1, -0.05) is 40.0 Å².